The van der Waals surface area contributed by atoms with Crippen LogP contribution in [-0.2, 0) is 4.79 Å². The van der Waals surface area contributed by atoms with E-state index in [1.807, 2.05) is 19.1 Å². The van der Waals surface area contributed by atoms with Gasteiger partial charge in [0.25, 0.3) is 0 Å². The molecule has 0 aromatic heterocycles. The van der Waals surface area contributed by atoms with Gasteiger partial charge in [-0.15, -0.1) is 0 Å². The third-order valence-electron chi connectivity index (χ3n) is 3.23. The summed E-state index contributed by atoms with van der Waals surface area (Å²) in [6.45, 7) is 10.5. The van der Waals surface area contributed by atoms with Crippen LogP contribution in [0.1, 0.15) is 60.3 Å². The molecule has 122 valence electrons. The fraction of sp³-hybridized carbons (Fsp3) is 0.450. The van der Waals surface area contributed by atoms with Gasteiger partial charge in [0.2, 0.25) is 5.91 Å². The maximum Gasteiger partial charge on any atom is 0.241 e. The summed E-state index contributed by atoms with van der Waals surface area (Å²) in [4.78, 5) is 10.7. The molecule has 2 N–H and O–H groups in total. The number of carbonyl (C=O) groups excluding carboxylic acids is 1. The second-order valence-corrected chi connectivity index (χ2v) is 6.07. The van der Waals surface area contributed by atoms with Crippen molar-refractivity contribution in [3.05, 3.63) is 58.7 Å². The molecule has 0 aliphatic rings. The van der Waals surface area contributed by atoms with E-state index in [9.17, 15) is 4.79 Å². The molecule has 0 rings (SSSR count). The molecule has 22 heavy (non-hydrogen) atoms. The summed E-state index contributed by atoms with van der Waals surface area (Å²) >= 11 is 0. The zero-order valence-electron chi connectivity index (χ0n) is 14.8. The molecule has 1 amide bonds. The molecule has 0 saturated heterocycles. The van der Waals surface area contributed by atoms with Gasteiger partial charge in [-0.1, -0.05) is 47.1 Å². The van der Waals surface area contributed by atoms with Gasteiger partial charge in [-0.2, -0.15) is 0 Å². The average molecular weight is 301 g/mol. The summed E-state index contributed by atoms with van der Waals surface area (Å²) in [6, 6.07) is 0. The van der Waals surface area contributed by atoms with Crippen LogP contribution in [0.2, 0.25) is 0 Å². The number of rotatable bonds is 9. The molecule has 0 radical (unpaired) electrons. The highest BCUT2D eigenvalue weighted by atomic mass is 16.1. The highest BCUT2D eigenvalue weighted by Gasteiger charge is 1.91. The molecule has 0 heterocycles. The molecule has 0 aromatic carbocycles. The lowest BCUT2D eigenvalue weighted by atomic mass is 10.1. The van der Waals surface area contributed by atoms with Crippen LogP contribution in [0.25, 0.3) is 0 Å². The standard InChI is InChI=1S/C20H31NO/c1-16(2)9-6-10-17(3)11-7-12-18(4)13-8-14-19(5)15-20(21)22/h8-9,11,13-15H,6-7,10,12H2,1-5H3,(H2,21,22). The summed E-state index contributed by atoms with van der Waals surface area (Å²) in [7, 11) is 0. The molecule has 0 bridgehead atoms. The Kier molecular flexibility index (Phi) is 10.8. The van der Waals surface area contributed by atoms with E-state index in [4.69, 9.17) is 5.73 Å². The van der Waals surface area contributed by atoms with E-state index < -0.39 is 5.91 Å². The normalized spacial score (nSPS) is 13.6. The largest absolute Gasteiger partial charge is 0.366 e. The fourth-order valence-corrected chi connectivity index (χ4v) is 1.96. The smallest absolute Gasteiger partial charge is 0.241 e. The van der Waals surface area contributed by atoms with Gasteiger partial charge in [-0.05, 0) is 65.9 Å². The number of carbonyl (C=O) groups is 1. The number of hydrogen-bond acceptors (Lipinski definition) is 1. The van der Waals surface area contributed by atoms with E-state index in [1.54, 1.807) is 0 Å². The second kappa shape index (κ2) is 11.8. The molecular formula is C20H31NO. The minimum atomic E-state index is -0.406. The van der Waals surface area contributed by atoms with Crippen LogP contribution in [0.15, 0.2) is 58.7 Å². The highest BCUT2D eigenvalue weighted by molar-refractivity contribution is 5.86. The Morgan fingerprint density at radius 2 is 1.50 bits per heavy atom. The quantitative estimate of drug-likeness (QED) is 0.346. The van der Waals surface area contributed by atoms with E-state index in [0.717, 1.165) is 31.3 Å². The Balaban J connectivity index is 4.19. The predicted molar refractivity (Wildman–Crippen MR) is 97.5 cm³/mol. The van der Waals surface area contributed by atoms with Crippen molar-refractivity contribution >= 4 is 5.91 Å². The van der Waals surface area contributed by atoms with E-state index >= 15 is 0 Å². The molecule has 0 atom stereocenters. The lowest BCUT2D eigenvalue weighted by molar-refractivity contribution is -0.113. The van der Waals surface area contributed by atoms with E-state index in [2.05, 4.69) is 45.9 Å². The molecule has 0 aromatic rings. The van der Waals surface area contributed by atoms with Crippen molar-refractivity contribution in [2.75, 3.05) is 0 Å². The molecule has 0 saturated carbocycles. The number of allylic oxidation sites excluding steroid dienone is 9. The molecule has 2 nitrogen and oxygen atoms in total. The van der Waals surface area contributed by atoms with Gasteiger partial charge in [0.05, 0.1) is 0 Å². The van der Waals surface area contributed by atoms with Crippen molar-refractivity contribution < 1.29 is 4.79 Å². The third-order valence-corrected chi connectivity index (χ3v) is 3.23. The van der Waals surface area contributed by atoms with Crippen molar-refractivity contribution in [2.24, 2.45) is 5.73 Å². The molecular weight excluding hydrogens is 270 g/mol. The van der Waals surface area contributed by atoms with E-state index in [-0.39, 0.29) is 0 Å². The summed E-state index contributed by atoms with van der Waals surface area (Å²) in [5, 5.41) is 0. The lowest BCUT2D eigenvalue weighted by Gasteiger charge is -2.00. The zero-order valence-corrected chi connectivity index (χ0v) is 14.8. The number of hydrogen-bond donors (Lipinski definition) is 1. The SMILES string of the molecule is CC(C)=CCCC(C)=CCCC(C)=CC=CC(C)=CC(N)=O. The summed E-state index contributed by atoms with van der Waals surface area (Å²) < 4.78 is 0. The van der Waals surface area contributed by atoms with Gasteiger partial charge in [0.1, 0.15) is 0 Å². The van der Waals surface area contributed by atoms with Crippen molar-refractivity contribution in [3.63, 3.8) is 0 Å². The molecule has 0 spiro atoms. The first-order chi connectivity index (χ1) is 10.3. The van der Waals surface area contributed by atoms with Crippen LogP contribution >= 0.6 is 0 Å². The summed E-state index contributed by atoms with van der Waals surface area (Å²) in [6.07, 6.45) is 16.4. The molecule has 2 heteroatoms. The van der Waals surface area contributed by atoms with Gasteiger partial charge in [0.15, 0.2) is 0 Å². The summed E-state index contributed by atoms with van der Waals surface area (Å²) in [5.74, 6) is -0.406. The molecule has 0 fully saturated rings. The lowest BCUT2D eigenvalue weighted by Crippen LogP contribution is -2.06. The van der Waals surface area contributed by atoms with Crippen molar-refractivity contribution in [2.45, 2.75) is 60.3 Å². The molecule has 0 aliphatic heterocycles. The maximum absolute atomic E-state index is 10.7. The Hall–Kier alpha value is -1.83. The minimum absolute atomic E-state index is 0.406. The Morgan fingerprint density at radius 3 is 2.09 bits per heavy atom. The monoisotopic (exact) mass is 301 g/mol. The second-order valence-electron chi connectivity index (χ2n) is 6.07. The first-order valence-electron chi connectivity index (χ1n) is 7.92. The van der Waals surface area contributed by atoms with Crippen LogP contribution in [0, 0.1) is 0 Å². The summed E-state index contributed by atoms with van der Waals surface area (Å²) in [5.41, 5.74) is 10.1. The van der Waals surface area contributed by atoms with Crippen LogP contribution < -0.4 is 5.73 Å². The van der Waals surface area contributed by atoms with Crippen LogP contribution in [-0.4, -0.2) is 5.91 Å². The average Bonchev–Trinajstić information content (AvgIpc) is 2.37. The van der Waals surface area contributed by atoms with Gasteiger partial charge in [-0.3, -0.25) is 4.79 Å². The van der Waals surface area contributed by atoms with Gasteiger partial charge in [0, 0.05) is 6.08 Å². The Bertz CT molecular complexity index is 498. The highest BCUT2D eigenvalue weighted by Crippen LogP contribution is 2.11. The topological polar surface area (TPSA) is 43.1 Å². The number of primary amides is 1. The number of nitrogens with two attached hydrogens (primary N) is 1. The first-order valence-corrected chi connectivity index (χ1v) is 7.92. The minimum Gasteiger partial charge on any atom is -0.366 e. The van der Waals surface area contributed by atoms with Crippen LogP contribution in [0.4, 0.5) is 0 Å². The predicted octanol–water partition coefficient (Wildman–Crippen LogP) is 5.39. The molecule has 0 aliphatic carbocycles. The van der Waals surface area contributed by atoms with E-state index in [1.165, 1.54) is 22.8 Å². The van der Waals surface area contributed by atoms with Crippen molar-refractivity contribution in [1.29, 1.82) is 0 Å². The van der Waals surface area contributed by atoms with Crippen LogP contribution in [0.3, 0.4) is 0 Å². The van der Waals surface area contributed by atoms with Crippen molar-refractivity contribution in [1.82, 2.24) is 0 Å². The zero-order chi connectivity index (χ0) is 17.0. The third kappa shape index (κ3) is 13.2. The van der Waals surface area contributed by atoms with Gasteiger partial charge < -0.3 is 5.73 Å². The number of amides is 1. The van der Waals surface area contributed by atoms with Crippen LogP contribution in [0.5, 0.6) is 0 Å². The van der Waals surface area contributed by atoms with Gasteiger partial charge >= 0.3 is 0 Å². The van der Waals surface area contributed by atoms with E-state index in [0.29, 0.717) is 0 Å². The first kappa shape index (κ1) is 20.2. The maximum atomic E-state index is 10.7. The molecule has 0 unspecified atom stereocenters. The Labute approximate surface area is 136 Å². The fourth-order valence-electron chi connectivity index (χ4n) is 1.96. The van der Waals surface area contributed by atoms with Gasteiger partial charge in [-0.25, -0.2) is 0 Å². The van der Waals surface area contributed by atoms with Crippen molar-refractivity contribution in [3.8, 4) is 0 Å². The Morgan fingerprint density at radius 1 is 0.909 bits per heavy atom.